The average molecular weight is 248 g/mol. The van der Waals surface area contributed by atoms with Crippen LogP contribution in [0.1, 0.15) is 38.5 Å². The molecule has 1 aliphatic carbocycles. The van der Waals surface area contributed by atoms with Gasteiger partial charge in [0.1, 0.15) is 0 Å². The SMILES string of the molecule is C=CC(=C)CCC1CCC(COC(=O)C=C)CC1. The van der Waals surface area contributed by atoms with Gasteiger partial charge in [-0.05, 0) is 37.5 Å². The minimum atomic E-state index is -0.306. The van der Waals surface area contributed by atoms with Gasteiger partial charge in [-0.25, -0.2) is 4.79 Å². The standard InChI is InChI=1S/C16H24O2/c1-4-13(3)6-7-14-8-10-15(11-9-14)12-18-16(17)5-2/h4-5,14-15H,1-3,6-12H2. The minimum Gasteiger partial charge on any atom is -0.462 e. The van der Waals surface area contributed by atoms with E-state index in [1.54, 1.807) is 0 Å². The molecule has 0 N–H and O–H groups in total. The number of ether oxygens (including phenoxy) is 1. The van der Waals surface area contributed by atoms with Crippen molar-refractivity contribution in [2.45, 2.75) is 38.5 Å². The van der Waals surface area contributed by atoms with Crippen LogP contribution in [0.25, 0.3) is 0 Å². The van der Waals surface area contributed by atoms with Crippen molar-refractivity contribution >= 4 is 5.97 Å². The van der Waals surface area contributed by atoms with Crippen molar-refractivity contribution < 1.29 is 9.53 Å². The van der Waals surface area contributed by atoms with Gasteiger partial charge in [-0.15, -0.1) is 0 Å². The lowest BCUT2D eigenvalue weighted by Gasteiger charge is -2.28. The molecule has 2 heteroatoms. The Labute approximate surface area is 110 Å². The quantitative estimate of drug-likeness (QED) is 0.386. The molecule has 0 aromatic heterocycles. The van der Waals surface area contributed by atoms with E-state index in [4.69, 9.17) is 4.74 Å². The van der Waals surface area contributed by atoms with E-state index >= 15 is 0 Å². The molecule has 0 amide bonds. The largest absolute Gasteiger partial charge is 0.462 e. The van der Waals surface area contributed by atoms with Crippen LogP contribution in [0.3, 0.4) is 0 Å². The maximum Gasteiger partial charge on any atom is 0.330 e. The van der Waals surface area contributed by atoms with Crippen LogP contribution in [0.5, 0.6) is 0 Å². The summed E-state index contributed by atoms with van der Waals surface area (Å²) in [6, 6.07) is 0. The molecular formula is C16H24O2. The topological polar surface area (TPSA) is 26.3 Å². The molecule has 1 saturated carbocycles. The number of rotatable bonds is 7. The molecule has 1 rings (SSSR count). The van der Waals surface area contributed by atoms with Crippen molar-refractivity contribution in [1.82, 2.24) is 0 Å². The van der Waals surface area contributed by atoms with Gasteiger partial charge in [-0.1, -0.05) is 44.2 Å². The molecule has 2 nitrogen and oxygen atoms in total. The Balaban J connectivity index is 2.16. The minimum absolute atomic E-state index is 0.306. The zero-order valence-electron chi connectivity index (χ0n) is 11.2. The van der Waals surface area contributed by atoms with E-state index in [1.165, 1.54) is 25.3 Å². The summed E-state index contributed by atoms with van der Waals surface area (Å²) < 4.78 is 5.10. The number of esters is 1. The van der Waals surface area contributed by atoms with Gasteiger partial charge >= 0.3 is 5.97 Å². The zero-order chi connectivity index (χ0) is 13.4. The zero-order valence-corrected chi connectivity index (χ0v) is 11.2. The molecule has 0 saturated heterocycles. The van der Waals surface area contributed by atoms with E-state index in [0.717, 1.165) is 30.8 Å². The molecule has 0 atom stereocenters. The lowest BCUT2D eigenvalue weighted by Crippen LogP contribution is -2.20. The van der Waals surface area contributed by atoms with Crippen LogP contribution in [0.15, 0.2) is 37.5 Å². The molecule has 0 aliphatic heterocycles. The third kappa shape index (κ3) is 5.35. The Morgan fingerprint density at radius 2 is 1.72 bits per heavy atom. The molecule has 0 spiro atoms. The van der Waals surface area contributed by atoms with Gasteiger partial charge in [0.05, 0.1) is 6.61 Å². The lowest BCUT2D eigenvalue weighted by atomic mass is 9.80. The maximum atomic E-state index is 11.0. The highest BCUT2D eigenvalue weighted by molar-refractivity contribution is 5.81. The Kier molecular flexibility index (Phi) is 6.48. The predicted molar refractivity (Wildman–Crippen MR) is 75.2 cm³/mol. The number of hydrogen-bond acceptors (Lipinski definition) is 2. The third-order valence-electron chi connectivity index (χ3n) is 3.76. The Bertz CT molecular complexity index is 277. The van der Waals surface area contributed by atoms with Crippen LogP contribution in [0, 0.1) is 11.8 Å². The molecule has 1 aliphatic rings. The second-order valence-electron chi connectivity index (χ2n) is 5.12. The van der Waals surface area contributed by atoms with Gasteiger partial charge in [0.2, 0.25) is 0 Å². The van der Waals surface area contributed by atoms with Gasteiger partial charge in [-0.3, -0.25) is 0 Å². The van der Waals surface area contributed by atoms with Crippen LogP contribution in [-0.4, -0.2) is 12.6 Å². The van der Waals surface area contributed by atoms with E-state index in [2.05, 4.69) is 19.7 Å². The van der Waals surface area contributed by atoms with E-state index in [-0.39, 0.29) is 5.97 Å². The highest BCUT2D eigenvalue weighted by Crippen LogP contribution is 2.32. The van der Waals surface area contributed by atoms with Crippen molar-refractivity contribution in [3.05, 3.63) is 37.5 Å². The molecule has 0 aromatic carbocycles. The summed E-state index contributed by atoms with van der Waals surface area (Å²) >= 11 is 0. The van der Waals surface area contributed by atoms with E-state index < -0.39 is 0 Å². The number of allylic oxidation sites excluding steroid dienone is 2. The van der Waals surface area contributed by atoms with Crippen LogP contribution < -0.4 is 0 Å². The van der Waals surface area contributed by atoms with Crippen LogP contribution >= 0.6 is 0 Å². The number of hydrogen-bond donors (Lipinski definition) is 0. The summed E-state index contributed by atoms with van der Waals surface area (Å²) in [4.78, 5) is 11.0. The smallest absolute Gasteiger partial charge is 0.330 e. The normalized spacial score (nSPS) is 23.1. The molecule has 0 bridgehead atoms. The first-order valence-electron chi connectivity index (χ1n) is 6.75. The fourth-order valence-electron chi connectivity index (χ4n) is 2.44. The molecule has 100 valence electrons. The molecule has 0 unspecified atom stereocenters. The first-order chi connectivity index (χ1) is 8.65. The average Bonchev–Trinajstić information content (AvgIpc) is 2.43. The molecule has 0 heterocycles. The van der Waals surface area contributed by atoms with Crippen molar-refractivity contribution in [3.8, 4) is 0 Å². The van der Waals surface area contributed by atoms with E-state index in [9.17, 15) is 4.79 Å². The van der Waals surface area contributed by atoms with Gasteiger partial charge in [0.25, 0.3) is 0 Å². The summed E-state index contributed by atoms with van der Waals surface area (Å²) in [7, 11) is 0. The van der Waals surface area contributed by atoms with Gasteiger partial charge < -0.3 is 4.74 Å². The highest BCUT2D eigenvalue weighted by Gasteiger charge is 2.21. The van der Waals surface area contributed by atoms with Crippen LogP contribution in [0.4, 0.5) is 0 Å². The summed E-state index contributed by atoms with van der Waals surface area (Å²) in [5, 5.41) is 0. The highest BCUT2D eigenvalue weighted by atomic mass is 16.5. The molecule has 0 aromatic rings. The Morgan fingerprint density at radius 1 is 1.11 bits per heavy atom. The molecule has 18 heavy (non-hydrogen) atoms. The Morgan fingerprint density at radius 3 is 2.28 bits per heavy atom. The first kappa shape index (κ1) is 14.7. The lowest BCUT2D eigenvalue weighted by molar-refractivity contribution is -0.139. The molecule has 1 fully saturated rings. The second-order valence-corrected chi connectivity index (χ2v) is 5.12. The van der Waals surface area contributed by atoms with Crippen molar-refractivity contribution in [3.63, 3.8) is 0 Å². The number of carbonyl (C=O) groups is 1. The van der Waals surface area contributed by atoms with Crippen LogP contribution in [0.2, 0.25) is 0 Å². The van der Waals surface area contributed by atoms with Gasteiger partial charge in [-0.2, -0.15) is 0 Å². The van der Waals surface area contributed by atoms with Crippen molar-refractivity contribution in [2.75, 3.05) is 6.61 Å². The summed E-state index contributed by atoms with van der Waals surface area (Å²) in [5.74, 6) is 1.03. The fourth-order valence-corrected chi connectivity index (χ4v) is 2.44. The monoisotopic (exact) mass is 248 g/mol. The van der Waals surface area contributed by atoms with Gasteiger partial charge in [0.15, 0.2) is 0 Å². The number of carbonyl (C=O) groups excluding carboxylic acids is 1. The van der Waals surface area contributed by atoms with Gasteiger partial charge in [0, 0.05) is 6.08 Å². The van der Waals surface area contributed by atoms with Crippen LogP contribution in [-0.2, 0) is 9.53 Å². The Hall–Kier alpha value is -1.31. The fraction of sp³-hybridized carbons (Fsp3) is 0.562. The van der Waals surface area contributed by atoms with Crippen molar-refractivity contribution in [2.24, 2.45) is 11.8 Å². The van der Waals surface area contributed by atoms with E-state index in [0.29, 0.717) is 12.5 Å². The van der Waals surface area contributed by atoms with Crippen molar-refractivity contribution in [1.29, 1.82) is 0 Å². The van der Waals surface area contributed by atoms with E-state index in [1.807, 2.05) is 6.08 Å². The summed E-state index contributed by atoms with van der Waals surface area (Å²) in [5.41, 5.74) is 1.14. The second kappa shape index (κ2) is 7.91. The first-order valence-corrected chi connectivity index (χ1v) is 6.75. The third-order valence-corrected chi connectivity index (χ3v) is 3.76. The summed E-state index contributed by atoms with van der Waals surface area (Å²) in [6.07, 6.45) is 10.1. The summed E-state index contributed by atoms with van der Waals surface area (Å²) in [6.45, 7) is 11.6. The predicted octanol–water partition coefficient (Wildman–Crippen LogP) is 4.04. The maximum absolute atomic E-state index is 11.0. The molecule has 0 radical (unpaired) electrons. The molecular weight excluding hydrogens is 224 g/mol.